The molecule has 2 aromatic rings. The van der Waals surface area contributed by atoms with Crippen molar-refractivity contribution in [1.29, 1.82) is 0 Å². The van der Waals surface area contributed by atoms with E-state index in [-0.39, 0.29) is 11.3 Å². The van der Waals surface area contributed by atoms with Crippen molar-refractivity contribution < 1.29 is 72.6 Å². The van der Waals surface area contributed by atoms with Gasteiger partial charge in [-0.15, -0.1) is 0 Å². The molecule has 23 heteroatoms. The lowest BCUT2D eigenvalue weighted by molar-refractivity contribution is -0.292. The van der Waals surface area contributed by atoms with E-state index in [9.17, 15) is 39.9 Å². The van der Waals surface area contributed by atoms with Gasteiger partial charge >= 0.3 is 14.5 Å². The van der Waals surface area contributed by atoms with Crippen molar-refractivity contribution >= 4 is 43.3 Å². The summed E-state index contributed by atoms with van der Waals surface area (Å²) in [6, 6.07) is 0. The number of aromatic nitrogens is 4. The number of ether oxygens (including phenoxy) is 3. The number of nitrogens with zero attached hydrogens (tertiary/aromatic N) is 4. The quantitative estimate of drug-likeness (QED) is 0.111. The molecule has 0 aliphatic carbocycles. The summed E-state index contributed by atoms with van der Waals surface area (Å²) in [5.41, 5.74) is 5.17. The number of fused-ring (bicyclic) bond motifs is 1. The zero-order valence-electron chi connectivity index (χ0n) is 21.3. The van der Waals surface area contributed by atoms with Gasteiger partial charge in [-0.3, -0.25) is 9.09 Å². The van der Waals surface area contributed by atoms with Crippen molar-refractivity contribution in [3.8, 4) is 0 Å². The second-order valence-electron chi connectivity index (χ2n) is 9.72. The molecule has 0 bridgehead atoms. The molecule has 236 valence electrons. The molecule has 3 saturated heterocycles. The van der Waals surface area contributed by atoms with Crippen molar-refractivity contribution in [2.24, 2.45) is 0 Å². The lowest BCUT2D eigenvalue weighted by Gasteiger charge is -2.44. The third-order valence-corrected chi connectivity index (χ3v) is 10.6. The minimum absolute atomic E-state index is 0.117. The predicted molar refractivity (Wildman–Crippen MR) is 137 cm³/mol. The van der Waals surface area contributed by atoms with Crippen LogP contribution >= 0.6 is 14.5 Å². The summed E-state index contributed by atoms with van der Waals surface area (Å²) < 4.78 is 45.2. The molecular formula is C19H29N5O15P2S. The largest absolute Gasteiger partial charge is 0.481 e. The normalized spacial score (nSPS) is 38.7. The first kappa shape index (κ1) is 32.1. The molecule has 12 atom stereocenters. The molecule has 0 amide bonds. The van der Waals surface area contributed by atoms with Crippen LogP contribution in [-0.4, -0.2) is 134 Å². The molecule has 5 heterocycles. The number of imidazole rings is 1. The monoisotopic (exact) mass is 661 g/mol. The molecule has 0 saturated carbocycles. The number of nitrogen functional groups attached to an aromatic ring is 1. The van der Waals surface area contributed by atoms with Gasteiger partial charge in [0.1, 0.15) is 60.2 Å². The van der Waals surface area contributed by atoms with Gasteiger partial charge in [0.15, 0.2) is 24.0 Å². The fraction of sp³-hybridized carbons (Fsp3) is 0.737. The van der Waals surface area contributed by atoms with Crippen LogP contribution in [0.3, 0.4) is 0 Å². The number of aliphatic hydroxyl groups excluding tert-OH is 6. The summed E-state index contributed by atoms with van der Waals surface area (Å²) in [6.07, 6.45) is -12.3. The highest BCUT2D eigenvalue weighted by atomic mass is 32.5. The number of phosphoric ester groups is 1. The van der Waals surface area contributed by atoms with Crippen molar-refractivity contribution in [1.82, 2.24) is 19.5 Å². The van der Waals surface area contributed by atoms with Gasteiger partial charge in [0.25, 0.3) is 0 Å². The Morgan fingerprint density at radius 1 is 1.17 bits per heavy atom. The van der Waals surface area contributed by atoms with Gasteiger partial charge in [0.05, 0.1) is 26.1 Å². The Balaban J connectivity index is 1.25. The summed E-state index contributed by atoms with van der Waals surface area (Å²) in [5.74, 6) is 0.117. The molecule has 20 nitrogen and oxygen atoms in total. The molecule has 42 heavy (non-hydrogen) atoms. The number of aliphatic hydroxyl groups is 6. The van der Waals surface area contributed by atoms with E-state index in [4.69, 9.17) is 41.4 Å². The molecule has 3 aliphatic heterocycles. The Bertz CT molecular complexity index is 1380. The first-order valence-electron chi connectivity index (χ1n) is 12.3. The van der Waals surface area contributed by atoms with Crippen LogP contribution < -0.4 is 5.73 Å². The predicted octanol–water partition coefficient (Wildman–Crippen LogP) is -3.65. The second-order valence-corrected chi connectivity index (χ2v) is 14.1. The van der Waals surface area contributed by atoms with Crippen LogP contribution in [0.5, 0.6) is 0 Å². The zero-order chi connectivity index (χ0) is 30.6. The van der Waals surface area contributed by atoms with Gasteiger partial charge in [0, 0.05) is 6.42 Å². The van der Waals surface area contributed by atoms with Crippen LogP contribution in [0.25, 0.3) is 11.2 Å². The van der Waals surface area contributed by atoms with Crippen LogP contribution in [0.1, 0.15) is 12.6 Å². The summed E-state index contributed by atoms with van der Waals surface area (Å²) in [6.45, 7) is -5.92. The number of rotatable bonds is 10. The summed E-state index contributed by atoms with van der Waals surface area (Å²) in [5, 5.41) is 60.0. The first-order chi connectivity index (χ1) is 19.7. The van der Waals surface area contributed by atoms with Crippen LogP contribution in [0, 0.1) is 0 Å². The Hall–Kier alpha value is -1.33. The molecule has 2 aromatic heterocycles. The molecule has 10 N–H and O–H groups in total. The highest BCUT2D eigenvalue weighted by Gasteiger charge is 2.62. The molecule has 5 rings (SSSR count). The number of phosphoric acid groups is 1. The van der Waals surface area contributed by atoms with Gasteiger partial charge in [0.2, 0.25) is 0 Å². The minimum Gasteiger partial charge on any atom is -0.394 e. The third kappa shape index (κ3) is 5.87. The van der Waals surface area contributed by atoms with Crippen molar-refractivity contribution in [2.75, 3.05) is 25.6 Å². The lowest BCUT2D eigenvalue weighted by Crippen LogP contribution is -2.61. The van der Waals surface area contributed by atoms with Gasteiger partial charge in [-0.1, -0.05) is 0 Å². The Morgan fingerprint density at radius 2 is 1.88 bits per heavy atom. The van der Waals surface area contributed by atoms with E-state index < -0.39 is 88.6 Å². The van der Waals surface area contributed by atoms with Crippen LogP contribution in [0.4, 0.5) is 5.82 Å². The average Bonchev–Trinajstić information content (AvgIpc) is 3.46. The molecule has 3 aliphatic rings. The fourth-order valence-corrected chi connectivity index (χ4v) is 8.01. The summed E-state index contributed by atoms with van der Waals surface area (Å²) in [4.78, 5) is 32.9. The lowest BCUT2D eigenvalue weighted by atomic mass is 9.86. The van der Waals surface area contributed by atoms with Crippen LogP contribution in [0.2, 0.25) is 0 Å². The number of nitrogens with two attached hydrogens (primary N) is 1. The van der Waals surface area contributed by atoms with E-state index >= 15 is 0 Å². The number of hydrogen-bond acceptors (Lipinski definition) is 18. The summed E-state index contributed by atoms with van der Waals surface area (Å²) in [7, 11) is -5.43. The number of hydrogen-bond donors (Lipinski definition) is 9. The average molecular weight is 661 g/mol. The standard InChI is InChI=1S/C19H29N5O15P2S/c20-15-9-16(22-5-21-15)24(6-23-9)18-19(1-2-34-19)14(30)8(36-18)4-35-41(33,42)39-40(31,32)38-17-12(29)10(27)11(28)13(37-17)7(26)3-25/h5-8,10-14,17-18,25-30H,1-4H2,(H,31,32)(H,33,42)(H2,20,21,22)/t7-,8+,10?,11?,12?,13?,14+,17?,18+,19+,41?/m0/s1. The number of anilines is 1. The Kier molecular flexibility index (Phi) is 9.07. The molecule has 0 aromatic carbocycles. The highest BCUT2D eigenvalue weighted by Crippen LogP contribution is 2.62. The fourth-order valence-electron chi connectivity index (χ4n) is 4.91. The third-order valence-electron chi connectivity index (χ3n) is 7.10. The second kappa shape index (κ2) is 11.9. The molecule has 3 fully saturated rings. The first-order valence-corrected chi connectivity index (χ1v) is 16.4. The van der Waals surface area contributed by atoms with Crippen molar-refractivity contribution in [3.63, 3.8) is 0 Å². The van der Waals surface area contributed by atoms with Crippen LogP contribution in [0.15, 0.2) is 12.7 Å². The van der Waals surface area contributed by atoms with Gasteiger partial charge < -0.3 is 64.9 Å². The Labute approximate surface area is 241 Å². The minimum atomic E-state index is -5.43. The molecule has 0 radical (unpaired) electrons. The maximum atomic E-state index is 12.6. The van der Waals surface area contributed by atoms with E-state index in [2.05, 4.69) is 23.8 Å². The maximum Gasteiger partial charge on any atom is 0.481 e. The summed E-state index contributed by atoms with van der Waals surface area (Å²) >= 11 is 4.80. The smallest absolute Gasteiger partial charge is 0.394 e. The topological polar surface area (TPSA) is 304 Å². The SMILES string of the molecule is Nc1ncnc2c1ncn2[C@@H]1O[C@H](COP(O)(=S)OP(=O)(O)OC2OC([C@@H](O)CO)C(O)C(O)C2O)[C@@H](O)[C@]12CCO2. The van der Waals surface area contributed by atoms with Gasteiger partial charge in [-0.25, -0.2) is 23.8 Å². The van der Waals surface area contributed by atoms with E-state index in [1.54, 1.807) is 0 Å². The van der Waals surface area contributed by atoms with Crippen molar-refractivity contribution in [3.05, 3.63) is 12.7 Å². The molecule has 1 spiro atoms. The molecule has 7 unspecified atom stereocenters. The Morgan fingerprint density at radius 3 is 2.52 bits per heavy atom. The zero-order valence-corrected chi connectivity index (χ0v) is 23.9. The van der Waals surface area contributed by atoms with E-state index in [1.165, 1.54) is 17.2 Å². The van der Waals surface area contributed by atoms with E-state index in [1.807, 2.05) is 0 Å². The van der Waals surface area contributed by atoms with Crippen LogP contribution in [-0.2, 0) is 43.9 Å². The van der Waals surface area contributed by atoms with Gasteiger partial charge in [-0.2, -0.15) is 0 Å². The van der Waals surface area contributed by atoms with Gasteiger partial charge in [-0.05, 0) is 11.8 Å². The van der Waals surface area contributed by atoms with E-state index in [0.717, 1.165) is 0 Å². The molecular weight excluding hydrogens is 632 g/mol. The maximum absolute atomic E-state index is 12.6. The highest BCUT2D eigenvalue weighted by molar-refractivity contribution is 8.08. The van der Waals surface area contributed by atoms with E-state index in [0.29, 0.717) is 18.7 Å². The van der Waals surface area contributed by atoms with Crippen molar-refractivity contribution in [2.45, 2.75) is 67.3 Å².